The molecule has 1 atom stereocenters. The third-order valence-corrected chi connectivity index (χ3v) is 3.95. The summed E-state index contributed by atoms with van der Waals surface area (Å²) in [4.78, 5) is 12.3. The van der Waals surface area contributed by atoms with Gasteiger partial charge in [0.05, 0.1) is 6.04 Å². The normalized spacial score (nSPS) is 16.5. The lowest BCUT2D eigenvalue weighted by atomic mass is 9.95. The lowest BCUT2D eigenvalue weighted by Crippen LogP contribution is -2.39. The molecule has 1 saturated heterocycles. The van der Waals surface area contributed by atoms with Crippen molar-refractivity contribution < 1.29 is 18.3 Å². The van der Waals surface area contributed by atoms with E-state index >= 15 is 0 Å². The Balaban J connectivity index is 0.00000264. The van der Waals surface area contributed by atoms with Gasteiger partial charge in [-0.25, -0.2) is 0 Å². The molecule has 0 radical (unpaired) electrons. The van der Waals surface area contributed by atoms with Gasteiger partial charge < -0.3 is 15.4 Å². The number of hydrogen-bond donors (Lipinski definition) is 2. The molecule has 23 heavy (non-hydrogen) atoms. The standard InChI is InChI=1S/C16H22F2N2O2.ClH/c1-2-13(20-15(21)11-7-9-19-10-8-11)12-5-3-4-6-14(12)22-16(17)18;/h3-6,11,13,16,19H,2,7-10H2,1H3,(H,20,21);1H. The Bertz CT molecular complexity index is 497. The predicted molar refractivity (Wildman–Crippen MR) is 87.1 cm³/mol. The second-order valence-electron chi connectivity index (χ2n) is 5.41. The molecule has 7 heteroatoms. The van der Waals surface area contributed by atoms with Crippen LogP contribution >= 0.6 is 12.4 Å². The molecular formula is C16H23ClF2N2O2. The summed E-state index contributed by atoms with van der Waals surface area (Å²) in [5, 5.41) is 6.19. The van der Waals surface area contributed by atoms with Crippen LogP contribution in [0.4, 0.5) is 8.78 Å². The van der Waals surface area contributed by atoms with E-state index in [0.717, 1.165) is 25.9 Å². The number of para-hydroxylation sites is 1. The van der Waals surface area contributed by atoms with E-state index in [1.807, 2.05) is 6.92 Å². The fraction of sp³-hybridized carbons (Fsp3) is 0.562. The molecule has 0 bridgehead atoms. The summed E-state index contributed by atoms with van der Waals surface area (Å²) in [7, 11) is 0. The third-order valence-electron chi connectivity index (χ3n) is 3.95. The maximum absolute atomic E-state index is 12.5. The molecule has 4 nitrogen and oxygen atoms in total. The molecule has 1 amide bonds. The van der Waals surface area contributed by atoms with Crippen LogP contribution in [-0.2, 0) is 4.79 Å². The minimum Gasteiger partial charge on any atom is -0.434 e. The van der Waals surface area contributed by atoms with E-state index in [-0.39, 0.29) is 36.0 Å². The number of benzene rings is 1. The van der Waals surface area contributed by atoms with Gasteiger partial charge in [-0.2, -0.15) is 8.78 Å². The highest BCUT2D eigenvalue weighted by Gasteiger charge is 2.24. The zero-order chi connectivity index (χ0) is 15.9. The van der Waals surface area contributed by atoms with Crippen molar-refractivity contribution in [3.8, 4) is 5.75 Å². The van der Waals surface area contributed by atoms with Gasteiger partial charge in [0, 0.05) is 11.5 Å². The van der Waals surface area contributed by atoms with Crippen molar-refractivity contribution >= 4 is 18.3 Å². The van der Waals surface area contributed by atoms with Gasteiger partial charge in [-0.3, -0.25) is 4.79 Å². The fourth-order valence-electron chi connectivity index (χ4n) is 2.75. The lowest BCUT2D eigenvalue weighted by Gasteiger charge is -2.26. The van der Waals surface area contributed by atoms with E-state index in [2.05, 4.69) is 15.4 Å². The Kier molecular flexibility index (Phi) is 8.26. The number of piperidine rings is 1. The van der Waals surface area contributed by atoms with Crippen LogP contribution < -0.4 is 15.4 Å². The largest absolute Gasteiger partial charge is 0.434 e. The minimum atomic E-state index is -2.88. The molecule has 130 valence electrons. The topological polar surface area (TPSA) is 50.4 Å². The monoisotopic (exact) mass is 348 g/mol. The number of carbonyl (C=O) groups excluding carboxylic acids is 1. The van der Waals surface area contributed by atoms with Gasteiger partial charge in [0.2, 0.25) is 5.91 Å². The average Bonchev–Trinajstić information content (AvgIpc) is 2.53. The van der Waals surface area contributed by atoms with Gasteiger partial charge in [-0.05, 0) is 38.4 Å². The molecule has 0 aromatic heterocycles. The second-order valence-corrected chi connectivity index (χ2v) is 5.41. The van der Waals surface area contributed by atoms with Gasteiger partial charge in [0.25, 0.3) is 0 Å². The van der Waals surface area contributed by atoms with Crippen molar-refractivity contribution in [3.05, 3.63) is 29.8 Å². The highest BCUT2D eigenvalue weighted by molar-refractivity contribution is 5.85. The maximum atomic E-state index is 12.5. The Morgan fingerprint density at radius 3 is 2.61 bits per heavy atom. The lowest BCUT2D eigenvalue weighted by molar-refractivity contribution is -0.126. The molecule has 0 saturated carbocycles. The minimum absolute atomic E-state index is 0. The Morgan fingerprint density at radius 2 is 2.00 bits per heavy atom. The van der Waals surface area contributed by atoms with E-state index < -0.39 is 6.61 Å². The van der Waals surface area contributed by atoms with Crippen molar-refractivity contribution in [1.29, 1.82) is 0 Å². The first-order valence-electron chi connectivity index (χ1n) is 7.66. The molecule has 1 heterocycles. The average molecular weight is 349 g/mol. The summed E-state index contributed by atoms with van der Waals surface area (Å²) >= 11 is 0. The van der Waals surface area contributed by atoms with Gasteiger partial charge in [0.15, 0.2) is 0 Å². The predicted octanol–water partition coefficient (Wildman–Crippen LogP) is 3.28. The summed E-state index contributed by atoms with van der Waals surface area (Å²) in [6, 6.07) is 6.29. The molecule has 0 spiro atoms. The first-order chi connectivity index (χ1) is 10.6. The number of hydrogen-bond acceptors (Lipinski definition) is 3. The molecule has 2 N–H and O–H groups in total. The summed E-state index contributed by atoms with van der Waals surface area (Å²) < 4.78 is 29.6. The van der Waals surface area contributed by atoms with Crippen LogP contribution in [0.3, 0.4) is 0 Å². The Hall–Kier alpha value is -1.40. The van der Waals surface area contributed by atoms with E-state index in [1.54, 1.807) is 18.2 Å². The summed E-state index contributed by atoms with van der Waals surface area (Å²) in [6.45, 7) is 0.700. The van der Waals surface area contributed by atoms with Crippen LogP contribution in [0.15, 0.2) is 24.3 Å². The Morgan fingerprint density at radius 1 is 1.35 bits per heavy atom. The molecule has 1 aliphatic rings. The number of amides is 1. The molecule has 1 aliphatic heterocycles. The van der Waals surface area contributed by atoms with Crippen LogP contribution in [0.5, 0.6) is 5.75 Å². The van der Waals surface area contributed by atoms with Crippen LogP contribution in [-0.4, -0.2) is 25.6 Å². The highest BCUT2D eigenvalue weighted by Crippen LogP contribution is 2.29. The number of nitrogens with one attached hydrogen (secondary N) is 2. The van der Waals surface area contributed by atoms with Crippen LogP contribution in [0, 0.1) is 5.92 Å². The fourth-order valence-corrected chi connectivity index (χ4v) is 2.75. The first kappa shape index (κ1) is 19.6. The Labute approximate surface area is 141 Å². The van der Waals surface area contributed by atoms with E-state index in [9.17, 15) is 13.6 Å². The number of alkyl halides is 2. The molecule has 1 fully saturated rings. The third kappa shape index (κ3) is 5.62. The van der Waals surface area contributed by atoms with E-state index in [1.165, 1.54) is 6.07 Å². The van der Waals surface area contributed by atoms with Crippen molar-refractivity contribution in [2.45, 2.75) is 38.8 Å². The zero-order valence-corrected chi connectivity index (χ0v) is 13.9. The van der Waals surface area contributed by atoms with Gasteiger partial charge in [-0.1, -0.05) is 25.1 Å². The smallest absolute Gasteiger partial charge is 0.387 e. The summed E-state index contributed by atoms with van der Waals surface area (Å²) in [5.41, 5.74) is 0.590. The highest BCUT2D eigenvalue weighted by atomic mass is 35.5. The summed E-state index contributed by atoms with van der Waals surface area (Å²) in [6.07, 6.45) is 2.22. The van der Waals surface area contributed by atoms with Gasteiger partial charge in [-0.15, -0.1) is 12.4 Å². The molecule has 0 aliphatic carbocycles. The number of rotatable bonds is 6. The zero-order valence-electron chi connectivity index (χ0n) is 13.1. The molecular weight excluding hydrogens is 326 g/mol. The van der Waals surface area contributed by atoms with Crippen molar-refractivity contribution in [1.82, 2.24) is 10.6 Å². The molecule has 1 unspecified atom stereocenters. The van der Waals surface area contributed by atoms with Crippen LogP contribution in [0.1, 0.15) is 37.8 Å². The number of halogens is 3. The molecule has 2 rings (SSSR count). The van der Waals surface area contributed by atoms with Crippen LogP contribution in [0.25, 0.3) is 0 Å². The first-order valence-corrected chi connectivity index (χ1v) is 7.66. The van der Waals surface area contributed by atoms with E-state index in [4.69, 9.17) is 0 Å². The number of carbonyl (C=O) groups is 1. The van der Waals surface area contributed by atoms with Crippen molar-refractivity contribution in [3.63, 3.8) is 0 Å². The van der Waals surface area contributed by atoms with Crippen LogP contribution in [0.2, 0.25) is 0 Å². The quantitative estimate of drug-likeness (QED) is 0.829. The maximum Gasteiger partial charge on any atom is 0.387 e. The van der Waals surface area contributed by atoms with Crippen molar-refractivity contribution in [2.75, 3.05) is 13.1 Å². The second kappa shape index (κ2) is 9.67. The van der Waals surface area contributed by atoms with Crippen molar-refractivity contribution in [2.24, 2.45) is 5.92 Å². The van der Waals surface area contributed by atoms with Gasteiger partial charge in [0.1, 0.15) is 5.75 Å². The number of ether oxygens (including phenoxy) is 1. The SMILES string of the molecule is CCC(NC(=O)C1CCNCC1)c1ccccc1OC(F)F.Cl. The molecule has 1 aromatic rings. The van der Waals surface area contributed by atoms with E-state index in [0.29, 0.717) is 12.0 Å². The summed E-state index contributed by atoms with van der Waals surface area (Å²) in [5.74, 6) is 0.0913. The van der Waals surface area contributed by atoms with Gasteiger partial charge >= 0.3 is 6.61 Å². The molecule has 1 aromatic carbocycles.